The van der Waals surface area contributed by atoms with Crippen molar-refractivity contribution in [3.63, 3.8) is 0 Å². The van der Waals surface area contributed by atoms with E-state index in [1.807, 2.05) is 44.3 Å². The Labute approximate surface area is 179 Å². The zero-order valence-electron chi connectivity index (χ0n) is 17.4. The molecule has 4 heterocycles. The van der Waals surface area contributed by atoms with E-state index in [0.29, 0.717) is 18.8 Å². The number of fused-ring (bicyclic) bond motifs is 1. The van der Waals surface area contributed by atoms with Gasteiger partial charge in [0, 0.05) is 42.8 Å². The number of anilines is 1. The molecule has 0 radical (unpaired) electrons. The number of hydrogen-bond acceptors (Lipinski definition) is 6. The first-order valence-corrected chi connectivity index (χ1v) is 10.0. The molecule has 0 aliphatic carbocycles. The lowest BCUT2D eigenvalue weighted by atomic mass is 10.0. The van der Waals surface area contributed by atoms with Gasteiger partial charge in [-0.1, -0.05) is 6.92 Å². The predicted octanol–water partition coefficient (Wildman–Crippen LogP) is 1.98. The van der Waals surface area contributed by atoms with Crippen LogP contribution in [0.4, 0.5) is 5.69 Å². The summed E-state index contributed by atoms with van der Waals surface area (Å²) in [7, 11) is 0. The van der Waals surface area contributed by atoms with E-state index in [1.54, 1.807) is 15.6 Å². The van der Waals surface area contributed by atoms with Crippen molar-refractivity contribution in [3.05, 3.63) is 48.0 Å². The van der Waals surface area contributed by atoms with Gasteiger partial charge in [-0.3, -0.25) is 14.6 Å². The third-order valence-corrected chi connectivity index (χ3v) is 5.66. The second kappa shape index (κ2) is 8.07. The second-order valence-corrected chi connectivity index (χ2v) is 7.90. The first kappa shape index (κ1) is 20.3. The fraction of sp³-hybridized carbons (Fsp3) is 0.318. The minimum atomic E-state index is -0.580. The van der Waals surface area contributed by atoms with Crippen LogP contribution >= 0.6 is 0 Å². The minimum absolute atomic E-state index is 0.0894. The first-order chi connectivity index (χ1) is 14.9. The van der Waals surface area contributed by atoms with Gasteiger partial charge in [-0.2, -0.15) is 10.4 Å². The van der Waals surface area contributed by atoms with E-state index in [-0.39, 0.29) is 29.9 Å². The van der Waals surface area contributed by atoms with Gasteiger partial charge in [0.15, 0.2) is 0 Å². The molecule has 0 unspecified atom stereocenters. The summed E-state index contributed by atoms with van der Waals surface area (Å²) in [6.07, 6.45) is 4.96. The van der Waals surface area contributed by atoms with Crippen molar-refractivity contribution in [2.45, 2.75) is 26.3 Å². The van der Waals surface area contributed by atoms with Gasteiger partial charge in [-0.05, 0) is 36.6 Å². The van der Waals surface area contributed by atoms with Crippen LogP contribution in [0, 0.1) is 24.2 Å². The Morgan fingerprint density at radius 2 is 2.13 bits per heavy atom. The third kappa shape index (κ3) is 3.92. The SMILES string of the molecule is Cc1cc(-c2cc3c(N[C@@H]4CN(C(=O)CC#N)C[C@H]4C)c(C(N)=O)cnn3c2)ccn1. The molecule has 2 atom stereocenters. The van der Waals surface area contributed by atoms with Gasteiger partial charge in [-0.15, -0.1) is 0 Å². The summed E-state index contributed by atoms with van der Waals surface area (Å²) < 4.78 is 1.71. The van der Waals surface area contributed by atoms with Crippen LogP contribution in [0.3, 0.4) is 0 Å². The number of likely N-dealkylation sites (tertiary alicyclic amines) is 1. The quantitative estimate of drug-likeness (QED) is 0.653. The number of nitriles is 1. The van der Waals surface area contributed by atoms with Crippen LogP contribution in [0.15, 0.2) is 36.8 Å². The summed E-state index contributed by atoms with van der Waals surface area (Å²) in [6, 6.07) is 7.67. The number of nitrogens with one attached hydrogen (secondary N) is 1. The Morgan fingerprint density at radius 1 is 1.32 bits per heavy atom. The smallest absolute Gasteiger partial charge is 0.252 e. The zero-order valence-corrected chi connectivity index (χ0v) is 17.4. The number of primary amides is 1. The predicted molar refractivity (Wildman–Crippen MR) is 115 cm³/mol. The summed E-state index contributed by atoms with van der Waals surface area (Å²) in [5, 5.41) is 16.6. The monoisotopic (exact) mass is 417 g/mol. The zero-order chi connectivity index (χ0) is 22.1. The van der Waals surface area contributed by atoms with E-state index < -0.39 is 5.91 Å². The fourth-order valence-electron chi connectivity index (χ4n) is 4.00. The number of carbonyl (C=O) groups excluding carboxylic acids is 2. The fourth-order valence-corrected chi connectivity index (χ4v) is 4.00. The number of aromatic nitrogens is 3. The number of nitrogens with zero attached hydrogens (tertiary/aromatic N) is 5. The number of aryl methyl sites for hydroxylation is 1. The van der Waals surface area contributed by atoms with Gasteiger partial charge in [0.2, 0.25) is 5.91 Å². The van der Waals surface area contributed by atoms with Gasteiger partial charge in [0.25, 0.3) is 5.91 Å². The molecule has 0 spiro atoms. The highest BCUT2D eigenvalue weighted by molar-refractivity contribution is 6.02. The molecule has 0 bridgehead atoms. The number of amides is 2. The van der Waals surface area contributed by atoms with Crippen LogP contribution in [-0.4, -0.2) is 50.4 Å². The molecule has 9 heteroatoms. The highest BCUT2D eigenvalue weighted by Gasteiger charge is 2.33. The molecule has 4 rings (SSSR count). The lowest BCUT2D eigenvalue weighted by Gasteiger charge is -2.20. The lowest BCUT2D eigenvalue weighted by Crippen LogP contribution is -2.32. The van der Waals surface area contributed by atoms with Crippen molar-refractivity contribution >= 4 is 23.0 Å². The summed E-state index contributed by atoms with van der Waals surface area (Å²) in [5.41, 5.74) is 10.1. The molecule has 1 aliphatic heterocycles. The Balaban J connectivity index is 1.72. The van der Waals surface area contributed by atoms with E-state index in [4.69, 9.17) is 11.0 Å². The van der Waals surface area contributed by atoms with Gasteiger partial charge in [-0.25, -0.2) is 4.52 Å². The standard InChI is InChI=1S/C22H23N7O2/c1-13-10-28(20(30)3-5-23)12-18(13)27-21-17(22(24)31)9-26-29-11-16(8-19(21)29)15-4-6-25-14(2)7-15/h4,6-9,11,13,18,27H,3,10,12H2,1-2H3,(H2,24,31)/t13-,18-/m1/s1. The van der Waals surface area contributed by atoms with E-state index in [0.717, 1.165) is 22.3 Å². The Morgan fingerprint density at radius 3 is 2.84 bits per heavy atom. The van der Waals surface area contributed by atoms with Crippen molar-refractivity contribution in [1.29, 1.82) is 5.26 Å². The molecule has 1 fully saturated rings. The van der Waals surface area contributed by atoms with E-state index >= 15 is 0 Å². The summed E-state index contributed by atoms with van der Waals surface area (Å²) in [6.45, 7) is 4.96. The Bertz CT molecular complexity index is 1210. The molecule has 1 saturated heterocycles. The lowest BCUT2D eigenvalue weighted by molar-refractivity contribution is -0.129. The largest absolute Gasteiger partial charge is 0.378 e. The Hall–Kier alpha value is -3.93. The van der Waals surface area contributed by atoms with Gasteiger partial charge >= 0.3 is 0 Å². The van der Waals surface area contributed by atoms with Crippen LogP contribution < -0.4 is 11.1 Å². The van der Waals surface area contributed by atoms with Crippen LogP contribution in [0.25, 0.3) is 16.6 Å². The number of pyridine rings is 1. The highest BCUT2D eigenvalue weighted by atomic mass is 16.2. The van der Waals surface area contributed by atoms with Gasteiger partial charge < -0.3 is 16.0 Å². The molecule has 3 N–H and O–H groups in total. The summed E-state index contributed by atoms with van der Waals surface area (Å²) in [4.78, 5) is 30.2. The van der Waals surface area contributed by atoms with E-state index in [9.17, 15) is 9.59 Å². The van der Waals surface area contributed by atoms with Crippen molar-refractivity contribution < 1.29 is 9.59 Å². The average molecular weight is 417 g/mol. The number of rotatable bonds is 5. The molecular formula is C22H23N7O2. The highest BCUT2D eigenvalue weighted by Crippen LogP contribution is 2.31. The van der Waals surface area contributed by atoms with Gasteiger partial charge in [0.05, 0.1) is 29.0 Å². The number of carbonyl (C=O) groups is 2. The van der Waals surface area contributed by atoms with Crippen molar-refractivity contribution in [3.8, 4) is 17.2 Å². The average Bonchev–Trinajstić information content (AvgIpc) is 3.32. The van der Waals surface area contributed by atoms with Crippen molar-refractivity contribution in [1.82, 2.24) is 19.5 Å². The van der Waals surface area contributed by atoms with Crippen molar-refractivity contribution in [2.24, 2.45) is 11.7 Å². The second-order valence-electron chi connectivity index (χ2n) is 7.90. The van der Waals surface area contributed by atoms with Crippen LogP contribution in [0.1, 0.15) is 29.4 Å². The Kier molecular flexibility index (Phi) is 5.29. The molecule has 0 aromatic carbocycles. The maximum Gasteiger partial charge on any atom is 0.252 e. The topological polar surface area (TPSA) is 129 Å². The van der Waals surface area contributed by atoms with Gasteiger partial charge in [0.1, 0.15) is 6.42 Å². The molecule has 9 nitrogen and oxygen atoms in total. The number of nitrogens with two attached hydrogens (primary N) is 1. The number of hydrogen-bond donors (Lipinski definition) is 2. The third-order valence-electron chi connectivity index (χ3n) is 5.66. The van der Waals surface area contributed by atoms with Crippen LogP contribution in [0.5, 0.6) is 0 Å². The van der Waals surface area contributed by atoms with E-state index in [1.165, 1.54) is 6.20 Å². The minimum Gasteiger partial charge on any atom is -0.378 e. The molecule has 3 aromatic heterocycles. The maximum atomic E-state index is 12.1. The van der Waals surface area contributed by atoms with Crippen LogP contribution in [0.2, 0.25) is 0 Å². The summed E-state index contributed by atoms with van der Waals surface area (Å²) >= 11 is 0. The maximum absolute atomic E-state index is 12.1. The molecule has 31 heavy (non-hydrogen) atoms. The normalized spacial score (nSPS) is 18.2. The summed E-state index contributed by atoms with van der Waals surface area (Å²) in [5.74, 6) is -0.636. The molecular weight excluding hydrogens is 394 g/mol. The van der Waals surface area contributed by atoms with E-state index in [2.05, 4.69) is 15.4 Å². The molecule has 1 aliphatic rings. The first-order valence-electron chi connectivity index (χ1n) is 10.0. The molecule has 0 saturated carbocycles. The molecule has 3 aromatic rings. The molecule has 2 amide bonds. The van der Waals surface area contributed by atoms with Crippen molar-refractivity contribution in [2.75, 3.05) is 18.4 Å². The van der Waals surface area contributed by atoms with Crippen LogP contribution in [-0.2, 0) is 4.79 Å². The molecule has 158 valence electrons.